The van der Waals surface area contributed by atoms with Gasteiger partial charge in [0.15, 0.2) is 0 Å². The summed E-state index contributed by atoms with van der Waals surface area (Å²) in [5, 5.41) is 10.5. The number of rotatable bonds is 10. The Kier molecular flexibility index (Phi) is 8.68. The third-order valence-electron chi connectivity index (χ3n) is 3.15. The van der Waals surface area contributed by atoms with Gasteiger partial charge in [0.1, 0.15) is 0 Å². The van der Waals surface area contributed by atoms with Gasteiger partial charge in [-0.1, -0.05) is 50.5 Å². The average molecular weight is 278 g/mol. The minimum atomic E-state index is -0.173. The highest BCUT2D eigenvalue weighted by Gasteiger charge is 2.14. The van der Waals surface area contributed by atoms with E-state index in [9.17, 15) is 5.11 Å². The molecular formula is C17H26OS. The number of thioether (sulfide) groups is 1. The first kappa shape index (κ1) is 16.3. The van der Waals surface area contributed by atoms with Crippen LogP contribution < -0.4 is 0 Å². The SMILES string of the molecule is C=CCC(C[C@H](O)CCCCC)Sc1ccccc1. The quantitative estimate of drug-likeness (QED) is 0.367. The van der Waals surface area contributed by atoms with Gasteiger partial charge in [-0.15, -0.1) is 18.3 Å². The number of benzene rings is 1. The van der Waals surface area contributed by atoms with E-state index < -0.39 is 0 Å². The fourth-order valence-electron chi connectivity index (χ4n) is 2.12. The molecule has 1 unspecified atom stereocenters. The molecule has 0 aliphatic rings. The van der Waals surface area contributed by atoms with Crippen molar-refractivity contribution in [3.63, 3.8) is 0 Å². The second kappa shape index (κ2) is 10.1. The summed E-state index contributed by atoms with van der Waals surface area (Å²) in [6.45, 7) is 6.02. The molecule has 1 rings (SSSR count). The van der Waals surface area contributed by atoms with Gasteiger partial charge in [0, 0.05) is 10.1 Å². The molecule has 0 saturated heterocycles. The Morgan fingerprint density at radius 1 is 1.26 bits per heavy atom. The zero-order chi connectivity index (χ0) is 13.9. The van der Waals surface area contributed by atoms with Gasteiger partial charge in [-0.3, -0.25) is 0 Å². The highest BCUT2D eigenvalue weighted by Crippen LogP contribution is 2.29. The van der Waals surface area contributed by atoms with Crippen LogP contribution in [0.25, 0.3) is 0 Å². The fraction of sp³-hybridized carbons (Fsp3) is 0.529. The van der Waals surface area contributed by atoms with E-state index in [4.69, 9.17) is 0 Å². The van der Waals surface area contributed by atoms with Gasteiger partial charge in [0.25, 0.3) is 0 Å². The Hall–Kier alpha value is -0.730. The Morgan fingerprint density at radius 3 is 2.63 bits per heavy atom. The Labute approximate surface area is 122 Å². The summed E-state index contributed by atoms with van der Waals surface area (Å²) in [5.41, 5.74) is 0. The maximum absolute atomic E-state index is 10.1. The van der Waals surface area contributed by atoms with E-state index in [1.54, 1.807) is 0 Å². The van der Waals surface area contributed by atoms with E-state index in [-0.39, 0.29) is 6.10 Å². The second-order valence-corrected chi connectivity index (χ2v) is 6.34. The maximum Gasteiger partial charge on any atom is 0.0551 e. The molecule has 1 aromatic rings. The van der Waals surface area contributed by atoms with Gasteiger partial charge < -0.3 is 5.11 Å². The predicted molar refractivity (Wildman–Crippen MR) is 85.7 cm³/mol. The van der Waals surface area contributed by atoms with Gasteiger partial charge in [-0.2, -0.15) is 0 Å². The molecule has 0 bridgehead atoms. The number of unbranched alkanes of at least 4 members (excludes halogenated alkanes) is 2. The molecule has 2 heteroatoms. The van der Waals surface area contributed by atoms with Crippen LogP contribution in [0.1, 0.15) is 45.4 Å². The van der Waals surface area contributed by atoms with Crippen molar-refractivity contribution in [2.75, 3.05) is 0 Å². The molecule has 0 fully saturated rings. The minimum Gasteiger partial charge on any atom is -0.393 e. The van der Waals surface area contributed by atoms with Gasteiger partial charge in [-0.05, 0) is 31.4 Å². The standard InChI is InChI=1S/C17H26OS/c1-3-5-7-11-15(18)14-17(10-4-2)19-16-12-8-6-9-13-16/h4,6,8-9,12-13,15,17-18H,2-3,5,7,10-11,14H2,1H3/t15-,17?/m1/s1. The summed E-state index contributed by atoms with van der Waals surface area (Å²) in [6, 6.07) is 10.4. The number of aliphatic hydroxyl groups excluding tert-OH is 1. The summed E-state index contributed by atoms with van der Waals surface area (Å²) in [5.74, 6) is 0. The van der Waals surface area contributed by atoms with E-state index in [0.717, 1.165) is 25.7 Å². The van der Waals surface area contributed by atoms with Crippen LogP contribution in [0.4, 0.5) is 0 Å². The zero-order valence-electron chi connectivity index (χ0n) is 11.9. The van der Waals surface area contributed by atoms with E-state index in [1.807, 2.05) is 23.9 Å². The van der Waals surface area contributed by atoms with Gasteiger partial charge >= 0.3 is 0 Å². The fourth-order valence-corrected chi connectivity index (χ4v) is 3.37. The normalized spacial score (nSPS) is 14.0. The van der Waals surface area contributed by atoms with Crippen LogP contribution in [0.15, 0.2) is 47.9 Å². The predicted octanol–water partition coefficient (Wildman–Crippen LogP) is 5.05. The van der Waals surface area contributed by atoms with Gasteiger partial charge in [-0.25, -0.2) is 0 Å². The summed E-state index contributed by atoms with van der Waals surface area (Å²) in [7, 11) is 0. The Morgan fingerprint density at radius 2 is 2.00 bits per heavy atom. The first-order valence-corrected chi connectivity index (χ1v) is 8.14. The first-order valence-electron chi connectivity index (χ1n) is 7.27. The zero-order valence-corrected chi connectivity index (χ0v) is 12.7. The lowest BCUT2D eigenvalue weighted by Gasteiger charge is -2.18. The topological polar surface area (TPSA) is 20.2 Å². The molecule has 1 N–H and O–H groups in total. The first-order chi connectivity index (χ1) is 9.26. The average Bonchev–Trinajstić information content (AvgIpc) is 2.40. The van der Waals surface area contributed by atoms with Crippen molar-refractivity contribution < 1.29 is 5.11 Å². The van der Waals surface area contributed by atoms with Crippen LogP contribution in [0, 0.1) is 0 Å². The summed E-state index contributed by atoms with van der Waals surface area (Å²) < 4.78 is 0. The molecule has 1 aromatic carbocycles. The molecule has 0 spiro atoms. The molecular weight excluding hydrogens is 252 g/mol. The van der Waals surface area contributed by atoms with Crippen LogP contribution in [0.2, 0.25) is 0 Å². The third kappa shape index (κ3) is 7.44. The molecule has 0 heterocycles. The molecule has 2 atom stereocenters. The van der Waals surface area contributed by atoms with Crippen molar-refractivity contribution in [1.29, 1.82) is 0 Å². The Bertz CT molecular complexity index is 336. The van der Waals surface area contributed by atoms with Crippen LogP contribution in [0.3, 0.4) is 0 Å². The number of aliphatic hydroxyl groups is 1. The second-order valence-electron chi connectivity index (χ2n) is 4.96. The number of allylic oxidation sites excluding steroid dienone is 1. The molecule has 1 nitrogen and oxygen atoms in total. The molecule has 0 saturated carbocycles. The molecule has 0 aromatic heterocycles. The van der Waals surface area contributed by atoms with Crippen LogP contribution in [-0.2, 0) is 0 Å². The van der Waals surface area contributed by atoms with Crippen molar-refractivity contribution >= 4 is 11.8 Å². The van der Waals surface area contributed by atoms with Crippen LogP contribution in [-0.4, -0.2) is 16.5 Å². The van der Waals surface area contributed by atoms with Crippen molar-refractivity contribution in [3.8, 4) is 0 Å². The number of hydrogen-bond donors (Lipinski definition) is 1. The van der Waals surface area contributed by atoms with Crippen LogP contribution >= 0.6 is 11.8 Å². The van der Waals surface area contributed by atoms with E-state index in [2.05, 4.69) is 37.8 Å². The molecule has 0 aliphatic carbocycles. The molecule has 0 aliphatic heterocycles. The lowest BCUT2D eigenvalue weighted by molar-refractivity contribution is 0.150. The number of hydrogen-bond acceptors (Lipinski definition) is 2. The summed E-state index contributed by atoms with van der Waals surface area (Å²) >= 11 is 1.85. The Balaban J connectivity index is 2.41. The van der Waals surface area contributed by atoms with E-state index in [1.165, 1.54) is 17.7 Å². The van der Waals surface area contributed by atoms with Crippen molar-refractivity contribution in [2.45, 2.75) is 61.7 Å². The monoisotopic (exact) mass is 278 g/mol. The molecule has 0 amide bonds. The third-order valence-corrected chi connectivity index (χ3v) is 4.41. The smallest absolute Gasteiger partial charge is 0.0551 e. The summed E-state index contributed by atoms with van der Waals surface area (Å²) in [4.78, 5) is 1.27. The summed E-state index contributed by atoms with van der Waals surface area (Å²) in [6.07, 6.45) is 8.08. The van der Waals surface area contributed by atoms with Crippen molar-refractivity contribution in [3.05, 3.63) is 43.0 Å². The van der Waals surface area contributed by atoms with E-state index in [0.29, 0.717) is 5.25 Å². The lowest BCUT2D eigenvalue weighted by atomic mass is 10.1. The molecule has 19 heavy (non-hydrogen) atoms. The lowest BCUT2D eigenvalue weighted by Crippen LogP contribution is -2.15. The van der Waals surface area contributed by atoms with Gasteiger partial charge in [0.2, 0.25) is 0 Å². The molecule has 0 radical (unpaired) electrons. The highest BCUT2D eigenvalue weighted by molar-refractivity contribution is 8.00. The molecule has 106 valence electrons. The van der Waals surface area contributed by atoms with E-state index >= 15 is 0 Å². The van der Waals surface area contributed by atoms with Gasteiger partial charge in [0.05, 0.1) is 6.10 Å². The maximum atomic E-state index is 10.1. The van der Waals surface area contributed by atoms with Crippen LogP contribution in [0.5, 0.6) is 0 Å². The highest BCUT2D eigenvalue weighted by atomic mass is 32.2. The largest absolute Gasteiger partial charge is 0.393 e. The minimum absolute atomic E-state index is 0.173. The van der Waals surface area contributed by atoms with Crippen molar-refractivity contribution in [1.82, 2.24) is 0 Å². The van der Waals surface area contributed by atoms with Crippen molar-refractivity contribution in [2.24, 2.45) is 0 Å².